The van der Waals surface area contributed by atoms with Gasteiger partial charge in [-0.15, -0.1) is 0 Å². The Hall–Kier alpha value is -3.90. The summed E-state index contributed by atoms with van der Waals surface area (Å²) in [5.41, 5.74) is 0.743. The summed E-state index contributed by atoms with van der Waals surface area (Å²) in [5, 5.41) is 19.3. The number of aromatic nitrogens is 1. The van der Waals surface area contributed by atoms with Gasteiger partial charge in [0.1, 0.15) is 5.41 Å². The van der Waals surface area contributed by atoms with Crippen molar-refractivity contribution < 1.29 is 19.8 Å². The number of rotatable bonds is 4. The first-order valence-corrected chi connectivity index (χ1v) is 10.5. The molecule has 2 N–H and O–H groups in total. The second-order valence-corrected chi connectivity index (χ2v) is 8.00. The minimum Gasteiger partial charge on any atom is -0.480 e. The Balaban J connectivity index is 0.000000203. The molecule has 0 spiro atoms. The third-order valence-corrected chi connectivity index (χ3v) is 5.47. The van der Waals surface area contributed by atoms with Crippen LogP contribution in [0.25, 0.3) is 5.69 Å². The molecule has 168 valence electrons. The van der Waals surface area contributed by atoms with Gasteiger partial charge in [0.25, 0.3) is 5.56 Å². The molecule has 1 aliphatic rings. The van der Waals surface area contributed by atoms with Crippen LogP contribution in [0.2, 0.25) is 5.02 Å². The van der Waals surface area contributed by atoms with Crippen molar-refractivity contribution in [2.75, 3.05) is 0 Å². The van der Waals surface area contributed by atoms with Crippen molar-refractivity contribution in [3.63, 3.8) is 0 Å². The number of halogens is 1. The number of carboxylic acid groups (broad SMARTS) is 2. The lowest BCUT2D eigenvalue weighted by molar-refractivity contribution is -0.142. The van der Waals surface area contributed by atoms with Crippen LogP contribution < -0.4 is 5.56 Å². The number of hydrogen-bond donors (Lipinski definition) is 2. The lowest BCUT2D eigenvalue weighted by Crippen LogP contribution is -2.37. The van der Waals surface area contributed by atoms with E-state index in [1.54, 1.807) is 60.2 Å². The van der Waals surface area contributed by atoms with Gasteiger partial charge in [0.2, 0.25) is 0 Å². The van der Waals surface area contributed by atoms with Gasteiger partial charge < -0.3 is 10.2 Å². The molecule has 0 saturated carbocycles. The highest BCUT2D eigenvalue weighted by Crippen LogP contribution is 2.38. The molecule has 2 aromatic carbocycles. The van der Waals surface area contributed by atoms with Gasteiger partial charge >= 0.3 is 11.9 Å². The number of hydrogen-bond acceptors (Lipinski definition) is 3. The first-order valence-electron chi connectivity index (χ1n) is 10.1. The Bertz CT molecular complexity index is 1280. The van der Waals surface area contributed by atoms with E-state index in [9.17, 15) is 19.5 Å². The Labute approximate surface area is 195 Å². The molecule has 1 heterocycles. The molecular formula is C26H22ClNO5. The Morgan fingerprint density at radius 3 is 2.15 bits per heavy atom. The minimum atomic E-state index is -1.36. The highest BCUT2D eigenvalue weighted by molar-refractivity contribution is 6.30. The van der Waals surface area contributed by atoms with E-state index in [0.29, 0.717) is 16.2 Å². The summed E-state index contributed by atoms with van der Waals surface area (Å²) >= 11 is 5.82. The average Bonchev–Trinajstić information content (AvgIpc) is 2.80. The molecule has 7 heteroatoms. The molecule has 0 bridgehead atoms. The molecular weight excluding hydrogens is 442 g/mol. The molecule has 33 heavy (non-hydrogen) atoms. The molecule has 0 saturated heterocycles. The third kappa shape index (κ3) is 5.48. The second kappa shape index (κ2) is 10.1. The predicted molar refractivity (Wildman–Crippen MR) is 127 cm³/mol. The molecule has 6 nitrogen and oxygen atoms in total. The van der Waals surface area contributed by atoms with Crippen LogP contribution in [-0.2, 0) is 15.0 Å². The van der Waals surface area contributed by atoms with Crippen LogP contribution in [0.3, 0.4) is 0 Å². The van der Waals surface area contributed by atoms with Gasteiger partial charge in [-0.05, 0) is 48.9 Å². The lowest BCUT2D eigenvalue weighted by Gasteiger charge is -2.30. The van der Waals surface area contributed by atoms with E-state index in [1.165, 1.54) is 6.08 Å². The summed E-state index contributed by atoms with van der Waals surface area (Å²) in [5.74, 6) is -2.18. The molecule has 3 aromatic rings. The number of aliphatic carboxylic acids is 2. The minimum absolute atomic E-state index is 0.00583. The molecule has 1 aliphatic carbocycles. The first-order chi connectivity index (χ1) is 15.7. The number of nitrogens with zero attached hydrogens (tertiary/aromatic N) is 1. The molecule has 1 aromatic heterocycles. The topological polar surface area (TPSA) is 96.6 Å². The summed E-state index contributed by atoms with van der Waals surface area (Å²) in [6.45, 7) is 1.69. The largest absolute Gasteiger partial charge is 0.480 e. The van der Waals surface area contributed by atoms with Crippen LogP contribution in [0.15, 0.2) is 107 Å². The number of allylic oxidation sites excluding steroid dienone is 2. The van der Waals surface area contributed by atoms with Gasteiger partial charge in [-0.25, -0.2) is 4.79 Å². The zero-order valence-electron chi connectivity index (χ0n) is 17.8. The van der Waals surface area contributed by atoms with E-state index in [4.69, 9.17) is 16.7 Å². The maximum absolute atomic E-state index is 11.8. The summed E-state index contributed by atoms with van der Waals surface area (Å²) in [6, 6.07) is 21.1. The molecule has 0 aliphatic heterocycles. The van der Waals surface area contributed by atoms with E-state index in [-0.39, 0.29) is 17.6 Å². The van der Waals surface area contributed by atoms with Crippen molar-refractivity contribution in [3.05, 3.63) is 123 Å². The van der Waals surface area contributed by atoms with Crippen molar-refractivity contribution in [2.24, 2.45) is 0 Å². The van der Waals surface area contributed by atoms with E-state index in [0.717, 1.165) is 5.69 Å². The summed E-state index contributed by atoms with van der Waals surface area (Å²) in [7, 11) is 0. The van der Waals surface area contributed by atoms with Crippen LogP contribution >= 0.6 is 11.6 Å². The molecule has 1 atom stereocenters. The van der Waals surface area contributed by atoms with E-state index >= 15 is 0 Å². The number of benzene rings is 2. The zero-order valence-corrected chi connectivity index (χ0v) is 18.6. The number of pyridine rings is 1. The monoisotopic (exact) mass is 463 g/mol. The summed E-state index contributed by atoms with van der Waals surface area (Å²) < 4.78 is 1.61. The van der Waals surface area contributed by atoms with Crippen LogP contribution in [0.1, 0.15) is 18.9 Å². The fourth-order valence-corrected chi connectivity index (χ4v) is 3.79. The maximum Gasteiger partial charge on any atom is 0.331 e. The average molecular weight is 464 g/mol. The predicted octanol–water partition coefficient (Wildman–Crippen LogP) is 4.86. The summed E-state index contributed by atoms with van der Waals surface area (Å²) in [6.07, 6.45) is 4.76. The second-order valence-electron chi connectivity index (χ2n) is 7.57. The molecule has 0 fully saturated rings. The molecule has 1 unspecified atom stereocenters. The van der Waals surface area contributed by atoms with Crippen LogP contribution in [0, 0.1) is 0 Å². The quantitative estimate of drug-likeness (QED) is 0.576. The van der Waals surface area contributed by atoms with Crippen molar-refractivity contribution in [1.29, 1.82) is 0 Å². The van der Waals surface area contributed by atoms with Crippen molar-refractivity contribution in [3.8, 4) is 5.69 Å². The van der Waals surface area contributed by atoms with E-state index < -0.39 is 17.4 Å². The third-order valence-electron chi connectivity index (χ3n) is 5.22. The van der Waals surface area contributed by atoms with Crippen molar-refractivity contribution in [1.82, 2.24) is 4.57 Å². The van der Waals surface area contributed by atoms with Gasteiger partial charge in [0.05, 0.1) is 0 Å². The normalized spacial score (nSPS) is 17.2. The SMILES string of the molecule is CC1=CC(C(=O)O)(c2ccc(Cl)cc2)CC(C(=O)O)=C1.O=c1ccccn1-c1ccccc1. The van der Waals surface area contributed by atoms with Gasteiger partial charge in [-0.1, -0.05) is 59.6 Å². The van der Waals surface area contributed by atoms with Gasteiger partial charge in [0, 0.05) is 35.0 Å². The zero-order chi connectivity index (χ0) is 24.0. The van der Waals surface area contributed by atoms with Crippen LogP contribution in [-0.4, -0.2) is 26.7 Å². The highest BCUT2D eigenvalue weighted by atomic mass is 35.5. The molecule has 4 rings (SSSR count). The Kier molecular flexibility index (Phi) is 7.30. The number of carboxylic acids is 2. The van der Waals surface area contributed by atoms with Crippen LogP contribution in [0.5, 0.6) is 0 Å². The number of carbonyl (C=O) groups is 2. The Morgan fingerprint density at radius 1 is 0.939 bits per heavy atom. The van der Waals surface area contributed by atoms with E-state index in [1.807, 2.05) is 36.4 Å². The smallest absolute Gasteiger partial charge is 0.331 e. The molecule has 0 radical (unpaired) electrons. The molecule has 0 amide bonds. The number of para-hydroxylation sites is 1. The first kappa shape index (κ1) is 23.8. The maximum atomic E-state index is 11.8. The van der Waals surface area contributed by atoms with Gasteiger partial charge in [0.15, 0.2) is 0 Å². The summed E-state index contributed by atoms with van der Waals surface area (Å²) in [4.78, 5) is 34.3. The fraction of sp³-hybridized carbons (Fsp3) is 0.115. The van der Waals surface area contributed by atoms with E-state index in [2.05, 4.69) is 0 Å². The van der Waals surface area contributed by atoms with Crippen molar-refractivity contribution >= 4 is 23.5 Å². The Morgan fingerprint density at radius 2 is 1.58 bits per heavy atom. The fourth-order valence-electron chi connectivity index (χ4n) is 3.67. The highest BCUT2D eigenvalue weighted by Gasteiger charge is 2.42. The van der Waals surface area contributed by atoms with Gasteiger partial charge in [-0.2, -0.15) is 0 Å². The van der Waals surface area contributed by atoms with Crippen LogP contribution in [0.4, 0.5) is 0 Å². The van der Waals surface area contributed by atoms with Crippen molar-refractivity contribution in [2.45, 2.75) is 18.8 Å². The van der Waals surface area contributed by atoms with Gasteiger partial charge in [-0.3, -0.25) is 14.2 Å². The lowest BCUT2D eigenvalue weighted by atomic mass is 9.71. The standard InChI is InChI=1S/C15H13ClO4.C11H9NO/c1-9-6-10(13(17)18)8-15(7-9,14(19)20)11-2-4-12(16)5-3-11;13-11-8-4-5-9-12(11)10-6-2-1-3-7-10/h2-7H,8H2,1H3,(H,17,18)(H,19,20);1-9H.